The predicted octanol–water partition coefficient (Wildman–Crippen LogP) is 12.3. The SMILES string of the molecule is [C-]#[N+]c1cccc2c1sc1ccc3c(c4ccccc4n3-c3cccc(-c4cccc(-n5c6ccccc6c6cc(C#N)ccc65)c4)c3)c12. The predicted molar refractivity (Wildman–Crippen MR) is 204 cm³/mol. The zero-order valence-electron chi connectivity index (χ0n) is 26.1. The maximum Gasteiger partial charge on any atom is 0.204 e. The summed E-state index contributed by atoms with van der Waals surface area (Å²) in [7, 11) is 0. The zero-order valence-corrected chi connectivity index (χ0v) is 26.9. The van der Waals surface area contributed by atoms with Crippen LogP contribution in [0.1, 0.15) is 5.56 Å². The molecule has 7 aromatic carbocycles. The van der Waals surface area contributed by atoms with Crippen molar-refractivity contribution in [2.75, 3.05) is 0 Å². The molecule has 49 heavy (non-hydrogen) atoms. The molecule has 0 saturated heterocycles. The fourth-order valence-electron chi connectivity index (χ4n) is 7.67. The Balaban J connectivity index is 1.17. The number of para-hydroxylation sites is 2. The minimum atomic E-state index is 0.659. The van der Waals surface area contributed by atoms with Crippen LogP contribution in [0.4, 0.5) is 5.69 Å². The number of nitrogens with zero attached hydrogens (tertiary/aromatic N) is 4. The molecule has 3 aromatic heterocycles. The maximum atomic E-state index is 9.59. The average Bonchev–Trinajstić information content (AvgIpc) is 3.82. The first kappa shape index (κ1) is 27.5. The Bertz CT molecular complexity index is 3090. The Morgan fingerprint density at radius 2 is 1.14 bits per heavy atom. The second kappa shape index (κ2) is 10.4. The standard InChI is InChI=1S/C44H24N4S/c1-46-36-16-8-15-34-43-41(49-44(34)36)22-21-40-42(43)33-14-3-5-18-38(33)48(40)31-12-7-10-29(25-31)28-9-6-11-30(24-28)47-37-17-4-2-13-32(37)35-23-27(26-45)19-20-39(35)47/h2-25H. The third-order valence-corrected chi connectivity index (χ3v) is 10.9. The first-order chi connectivity index (χ1) is 24.2. The molecule has 0 spiro atoms. The highest BCUT2D eigenvalue weighted by molar-refractivity contribution is 7.26. The van der Waals surface area contributed by atoms with Gasteiger partial charge in [-0.1, -0.05) is 78.9 Å². The molecule has 0 saturated carbocycles. The van der Waals surface area contributed by atoms with Crippen molar-refractivity contribution >= 4 is 80.8 Å². The van der Waals surface area contributed by atoms with E-state index in [-0.39, 0.29) is 0 Å². The Morgan fingerprint density at radius 3 is 1.88 bits per heavy atom. The van der Waals surface area contributed by atoms with Crippen LogP contribution >= 0.6 is 11.3 Å². The van der Waals surface area contributed by atoms with Gasteiger partial charge in [-0.2, -0.15) is 5.26 Å². The summed E-state index contributed by atoms with van der Waals surface area (Å²) in [5.74, 6) is 0. The Kier molecular flexibility index (Phi) is 5.84. The molecule has 0 aliphatic carbocycles. The molecule has 0 unspecified atom stereocenters. The summed E-state index contributed by atoms with van der Waals surface area (Å²) in [5, 5.41) is 16.6. The lowest BCUT2D eigenvalue weighted by Crippen LogP contribution is -1.96. The van der Waals surface area contributed by atoms with Gasteiger partial charge in [0, 0.05) is 47.7 Å². The lowest BCUT2D eigenvalue weighted by atomic mass is 10.0. The Hall–Kier alpha value is -6.66. The first-order valence-corrected chi connectivity index (χ1v) is 16.9. The van der Waals surface area contributed by atoms with Crippen LogP contribution in [0.5, 0.6) is 0 Å². The first-order valence-electron chi connectivity index (χ1n) is 16.1. The minimum absolute atomic E-state index is 0.659. The van der Waals surface area contributed by atoms with Crippen LogP contribution in [0.15, 0.2) is 146 Å². The lowest BCUT2D eigenvalue weighted by molar-refractivity contribution is 1.17. The molecule has 0 atom stereocenters. The number of nitriles is 1. The van der Waals surface area contributed by atoms with Crippen molar-refractivity contribution in [1.82, 2.24) is 9.13 Å². The van der Waals surface area contributed by atoms with Crippen LogP contribution in [-0.2, 0) is 0 Å². The van der Waals surface area contributed by atoms with Crippen molar-refractivity contribution in [3.05, 3.63) is 163 Å². The van der Waals surface area contributed by atoms with Crippen LogP contribution in [0.2, 0.25) is 0 Å². The second-order valence-electron chi connectivity index (χ2n) is 12.4. The van der Waals surface area contributed by atoms with Crippen molar-refractivity contribution in [1.29, 1.82) is 5.26 Å². The van der Waals surface area contributed by atoms with E-state index in [0.29, 0.717) is 11.3 Å². The molecule has 10 aromatic rings. The molecule has 0 bridgehead atoms. The summed E-state index contributed by atoms with van der Waals surface area (Å²) in [6.07, 6.45) is 0. The number of benzene rings is 7. The summed E-state index contributed by atoms with van der Waals surface area (Å²) >= 11 is 1.70. The molecule has 10 rings (SSSR count). The molecule has 5 heteroatoms. The quantitative estimate of drug-likeness (QED) is 0.177. The minimum Gasteiger partial charge on any atom is -0.309 e. The lowest BCUT2D eigenvalue weighted by Gasteiger charge is -2.13. The number of hydrogen-bond donors (Lipinski definition) is 0. The smallest absolute Gasteiger partial charge is 0.204 e. The molecule has 0 aliphatic rings. The summed E-state index contributed by atoms with van der Waals surface area (Å²) < 4.78 is 6.91. The fraction of sp³-hybridized carbons (Fsp3) is 0. The average molecular weight is 641 g/mol. The van der Waals surface area contributed by atoms with Gasteiger partial charge in [0.1, 0.15) is 0 Å². The van der Waals surface area contributed by atoms with E-state index in [1.807, 2.05) is 24.3 Å². The maximum absolute atomic E-state index is 9.59. The van der Waals surface area contributed by atoms with Gasteiger partial charge in [0.15, 0.2) is 0 Å². The van der Waals surface area contributed by atoms with E-state index in [9.17, 15) is 5.26 Å². The van der Waals surface area contributed by atoms with Gasteiger partial charge in [-0.05, 0) is 83.2 Å². The van der Waals surface area contributed by atoms with Crippen molar-refractivity contribution in [2.45, 2.75) is 0 Å². The molecule has 0 radical (unpaired) electrons. The van der Waals surface area contributed by atoms with Crippen molar-refractivity contribution in [3.63, 3.8) is 0 Å². The van der Waals surface area contributed by atoms with Crippen LogP contribution in [0.25, 0.3) is 91.1 Å². The largest absolute Gasteiger partial charge is 0.309 e. The van der Waals surface area contributed by atoms with Gasteiger partial charge in [-0.15, -0.1) is 11.3 Å². The van der Waals surface area contributed by atoms with Crippen molar-refractivity contribution < 1.29 is 0 Å². The van der Waals surface area contributed by atoms with Gasteiger partial charge >= 0.3 is 0 Å². The van der Waals surface area contributed by atoms with E-state index < -0.39 is 0 Å². The molecule has 0 aliphatic heterocycles. The molecular formula is C44H24N4S. The van der Waals surface area contributed by atoms with Gasteiger partial charge in [0.05, 0.1) is 40.3 Å². The van der Waals surface area contributed by atoms with E-state index in [2.05, 4.69) is 141 Å². The van der Waals surface area contributed by atoms with Crippen LogP contribution in [0, 0.1) is 17.9 Å². The molecule has 0 N–H and O–H groups in total. The summed E-state index contributed by atoms with van der Waals surface area (Å²) in [5.41, 5.74) is 10.3. The molecule has 4 nitrogen and oxygen atoms in total. The number of thiophene rings is 1. The van der Waals surface area contributed by atoms with E-state index >= 15 is 0 Å². The van der Waals surface area contributed by atoms with Crippen molar-refractivity contribution in [3.8, 4) is 28.6 Å². The van der Waals surface area contributed by atoms with Gasteiger partial charge in [-0.3, -0.25) is 0 Å². The number of hydrogen-bond acceptors (Lipinski definition) is 2. The highest BCUT2D eigenvalue weighted by Crippen LogP contribution is 2.46. The third-order valence-electron chi connectivity index (χ3n) is 9.74. The molecule has 0 amide bonds. The fourth-order valence-corrected chi connectivity index (χ4v) is 8.84. The van der Waals surface area contributed by atoms with E-state index in [0.717, 1.165) is 65.4 Å². The molecule has 0 fully saturated rings. The van der Waals surface area contributed by atoms with Gasteiger partial charge in [-0.25, -0.2) is 4.85 Å². The molecule has 226 valence electrons. The summed E-state index contributed by atoms with van der Waals surface area (Å²) in [6.45, 7) is 7.76. The second-order valence-corrected chi connectivity index (χ2v) is 13.4. The zero-order chi connectivity index (χ0) is 32.6. The van der Waals surface area contributed by atoms with Gasteiger partial charge in [0.2, 0.25) is 5.69 Å². The Morgan fingerprint density at radius 1 is 0.531 bits per heavy atom. The normalized spacial score (nSPS) is 11.6. The highest BCUT2D eigenvalue weighted by atomic mass is 32.1. The summed E-state index contributed by atoms with van der Waals surface area (Å²) in [4.78, 5) is 3.83. The summed E-state index contributed by atoms with van der Waals surface area (Å²) in [6, 6.07) is 53.3. The van der Waals surface area contributed by atoms with Gasteiger partial charge < -0.3 is 9.13 Å². The highest BCUT2D eigenvalue weighted by Gasteiger charge is 2.19. The third kappa shape index (κ3) is 3.95. The van der Waals surface area contributed by atoms with Gasteiger partial charge in [0.25, 0.3) is 0 Å². The Labute approximate surface area is 285 Å². The molecular weight excluding hydrogens is 617 g/mol. The molecule has 3 heterocycles. The van der Waals surface area contributed by atoms with E-state index in [1.54, 1.807) is 11.3 Å². The topological polar surface area (TPSA) is 38.0 Å². The monoisotopic (exact) mass is 640 g/mol. The van der Waals surface area contributed by atoms with Crippen LogP contribution in [0.3, 0.4) is 0 Å². The number of fused-ring (bicyclic) bond motifs is 10. The van der Waals surface area contributed by atoms with E-state index in [4.69, 9.17) is 6.57 Å². The van der Waals surface area contributed by atoms with Crippen LogP contribution in [-0.4, -0.2) is 9.13 Å². The number of aromatic nitrogens is 2. The van der Waals surface area contributed by atoms with Crippen LogP contribution < -0.4 is 0 Å². The number of rotatable bonds is 3. The van der Waals surface area contributed by atoms with E-state index in [1.165, 1.54) is 20.9 Å². The van der Waals surface area contributed by atoms with Crippen molar-refractivity contribution in [2.24, 2.45) is 0 Å².